The van der Waals surface area contributed by atoms with Crippen molar-refractivity contribution in [3.05, 3.63) is 0 Å². The van der Waals surface area contributed by atoms with E-state index in [9.17, 15) is 5.11 Å². The quantitative estimate of drug-likeness (QED) is 0.654. The first kappa shape index (κ1) is 9.96. The highest BCUT2D eigenvalue weighted by molar-refractivity contribution is 4.86. The molecular formula is C9H19NO2. The van der Waals surface area contributed by atoms with E-state index in [1.54, 1.807) is 0 Å². The Balaban J connectivity index is 2.43. The fraction of sp³-hybridized carbons (Fsp3) is 1.00. The molecule has 1 aliphatic heterocycles. The zero-order chi connectivity index (χ0) is 9.03. The van der Waals surface area contributed by atoms with Crippen molar-refractivity contribution in [2.24, 2.45) is 0 Å². The minimum Gasteiger partial charge on any atom is -0.388 e. The Morgan fingerprint density at radius 1 is 1.67 bits per heavy atom. The zero-order valence-corrected chi connectivity index (χ0v) is 7.97. The summed E-state index contributed by atoms with van der Waals surface area (Å²) < 4.78 is 5.48. The van der Waals surface area contributed by atoms with Gasteiger partial charge in [0.1, 0.15) is 0 Å². The maximum atomic E-state index is 10.0. The number of rotatable bonds is 3. The Kier molecular flexibility index (Phi) is 3.50. The normalized spacial score (nSPS) is 36.8. The van der Waals surface area contributed by atoms with Gasteiger partial charge in [-0.2, -0.15) is 0 Å². The standard InChI is InChI=1S/C9H19NO2/c1-3-8-6-9(11,7-10-2)4-5-12-8/h8,10-11H,3-7H2,1-2H3. The van der Waals surface area contributed by atoms with Crippen molar-refractivity contribution >= 4 is 0 Å². The molecule has 0 radical (unpaired) electrons. The van der Waals surface area contributed by atoms with Gasteiger partial charge in [-0.15, -0.1) is 0 Å². The van der Waals surface area contributed by atoms with Crippen molar-refractivity contribution in [1.29, 1.82) is 0 Å². The molecule has 0 bridgehead atoms. The lowest BCUT2D eigenvalue weighted by Gasteiger charge is -2.36. The summed E-state index contributed by atoms with van der Waals surface area (Å²) in [6.45, 7) is 3.46. The predicted molar refractivity (Wildman–Crippen MR) is 48.1 cm³/mol. The van der Waals surface area contributed by atoms with Gasteiger partial charge >= 0.3 is 0 Å². The molecule has 0 aromatic heterocycles. The van der Waals surface area contributed by atoms with Crippen LogP contribution in [0.2, 0.25) is 0 Å². The van der Waals surface area contributed by atoms with Crippen LogP contribution in [0.25, 0.3) is 0 Å². The molecule has 1 saturated heterocycles. The molecule has 0 aromatic carbocycles. The third kappa shape index (κ3) is 2.44. The lowest BCUT2D eigenvalue weighted by atomic mass is 9.89. The van der Waals surface area contributed by atoms with Crippen molar-refractivity contribution in [2.45, 2.75) is 37.9 Å². The molecule has 2 atom stereocenters. The first-order valence-corrected chi connectivity index (χ1v) is 4.69. The first-order chi connectivity index (χ1) is 5.70. The SMILES string of the molecule is CCC1CC(O)(CNC)CCO1. The molecule has 0 amide bonds. The molecule has 0 aromatic rings. The van der Waals surface area contributed by atoms with Crippen LogP contribution < -0.4 is 5.32 Å². The van der Waals surface area contributed by atoms with E-state index in [1.165, 1.54) is 0 Å². The first-order valence-electron chi connectivity index (χ1n) is 4.69. The Labute approximate surface area is 74.1 Å². The van der Waals surface area contributed by atoms with Crippen LogP contribution in [-0.4, -0.2) is 37.0 Å². The molecular weight excluding hydrogens is 154 g/mol. The minimum absolute atomic E-state index is 0.247. The fourth-order valence-electron chi connectivity index (χ4n) is 1.75. The number of hydrogen-bond donors (Lipinski definition) is 2. The Morgan fingerprint density at radius 3 is 3.00 bits per heavy atom. The van der Waals surface area contributed by atoms with Gasteiger partial charge in [-0.25, -0.2) is 0 Å². The average Bonchev–Trinajstić information content (AvgIpc) is 2.04. The molecule has 72 valence electrons. The highest BCUT2D eigenvalue weighted by Crippen LogP contribution is 2.25. The van der Waals surface area contributed by atoms with Crippen LogP contribution in [0, 0.1) is 0 Å². The molecule has 12 heavy (non-hydrogen) atoms. The van der Waals surface area contributed by atoms with Crippen LogP contribution in [0.15, 0.2) is 0 Å². The second-order valence-corrected chi connectivity index (χ2v) is 3.61. The van der Waals surface area contributed by atoms with Gasteiger partial charge in [0, 0.05) is 26.0 Å². The van der Waals surface area contributed by atoms with Crippen LogP contribution in [-0.2, 0) is 4.74 Å². The summed E-state index contributed by atoms with van der Waals surface area (Å²) in [6.07, 6.45) is 2.76. The van der Waals surface area contributed by atoms with E-state index >= 15 is 0 Å². The summed E-state index contributed by atoms with van der Waals surface area (Å²) in [5, 5.41) is 13.0. The van der Waals surface area contributed by atoms with Crippen molar-refractivity contribution in [1.82, 2.24) is 5.32 Å². The Morgan fingerprint density at radius 2 is 2.42 bits per heavy atom. The lowest BCUT2D eigenvalue weighted by Crippen LogP contribution is -2.47. The van der Waals surface area contributed by atoms with Crippen LogP contribution in [0.4, 0.5) is 0 Å². The molecule has 1 heterocycles. The number of hydrogen-bond acceptors (Lipinski definition) is 3. The molecule has 1 aliphatic rings. The van der Waals surface area contributed by atoms with Crippen molar-refractivity contribution < 1.29 is 9.84 Å². The van der Waals surface area contributed by atoms with Gasteiger partial charge in [0.25, 0.3) is 0 Å². The summed E-state index contributed by atoms with van der Waals surface area (Å²) in [4.78, 5) is 0. The summed E-state index contributed by atoms with van der Waals surface area (Å²) in [7, 11) is 1.87. The molecule has 1 rings (SSSR count). The number of aliphatic hydroxyl groups is 1. The van der Waals surface area contributed by atoms with Gasteiger partial charge in [-0.3, -0.25) is 0 Å². The molecule has 3 heteroatoms. The van der Waals surface area contributed by atoms with E-state index in [-0.39, 0.29) is 6.10 Å². The maximum absolute atomic E-state index is 10.0. The van der Waals surface area contributed by atoms with E-state index in [1.807, 2.05) is 7.05 Å². The summed E-state index contributed by atoms with van der Waals surface area (Å²) in [6, 6.07) is 0. The van der Waals surface area contributed by atoms with Gasteiger partial charge < -0.3 is 15.2 Å². The van der Waals surface area contributed by atoms with E-state index in [0.29, 0.717) is 13.2 Å². The largest absolute Gasteiger partial charge is 0.388 e. The summed E-state index contributed by atoms with van der Waals surface area (Å²) >= 11 is 0. The Hall–Kier alpha value is -0.120. The summed E-state index contributed by atoms with van der Waals surface area (Å²) in [5.74, 6) is 0. The number of ether oxygens (including phenoxy) is 1. The lowest BCUT2D eigenvalue weighted by molar-refractivity contribution is -0.101. The zero-order valence-electron chi connectivity index (χ0n) is 7.97. The fourth-order valence-corrected chi connectivity index (χ4v) is 1.75. The van der Waals surface area contributed by atoms with E-state index in [0.717, 1.165) is 19.3 Å². The van der Waals surface area contributed by atoms with Crippen molar-refractivity contribution in [3.8, 4) is 0 Å². The maximum Gasteiger partial charge on any atom is 0.0818 e. The smallest absolute Gasteiger partial charge is 0.0818 e. The van der Waals surface area contributed by atoms with Crippen molar-refractivity contribution in [3.63, 3.8) is 0 Å². The van der Waals surface area contributed by atoms with Gasteiger partial charge in [-0.1, -0.05) is 6.92 Å². The second kappa shape index (κ2) is 4.21. The van der Waals surface area contributed by atoms with Gasteiger partial charge in [0.15, 0.2) is 0 Å². The molecule has 0 aliphatic carbocycles. The third-order valence-electron chi connectivity index (χ3n) is 2.49. The van der Waals surface area contributed by atoms with Crippen LogP contribution in [0.3, 0.4) is 0 Å². The Bertz CT molecular complexity index is 136. The number of likely N-dealkylation sites (N-methyl/N-ethyl adjacent to an activating group) is 1. The van der Waals surface area contributed by atoms with Crippen LogP contribution >= 0.6 is 0 Å². The molecule has 0 spiro atoms. The summed E-state index contributed by atoms with van der Waals surface area (Å²) in [5.41, 5.74) is -0.534. The highest BCUT2D eigenvalue weighted by Gasteiger charge is 2.33. The van der Waals surface area contributed by atoms with E-state index < -0.39 is 5.60 Å². The monoisotopic (exact) mass is 173 g/mol. The van der Waals surface area contributed by atoms with Gasteiger partial charge in [-0.05, 0) is 13.5 Å². The van der Waals surface area contributed by atoms with E-state index in [4.69, 9.17) is 4.74 Å². The molecule has 2 unspecified atom stereocenters. The topological polar surface area (TPSA) is 41.5 Å². The molecule has 0 saturated carbocycles. The molecule has 3 nitrogen and oxygen atoms in total. The second-order valence-electron chi connectivity index (χ2n) is 3.61. The molecule has 1 fully saturated rings. The van der Waals surface area contributed by atoms with Gasteiger partial charge in [0.2, 0.25) is 0 Å². The molecule has 2 N–H and O–H groups in total. The van der Waals surface area contributed by atoms with Crippen molar-refractivity contribution in [2.75, 3.05) is 20.2 Å². The van der Waals surface area contributed by atoms with Crippen LogP contribution in [0.5, 0.6) is 0 Å². The predicted octanol–water partition coefficient (Wildman–Crippen LogP) is 0.526. The van der Waals surface area contributed by atoms with Gasteiger partial charge in [0.05, 0.1) is 11.7 Å². The third-order valence-corrected chi connectivity index (χ3v) is 2.49. The van der Waals surface area contributed by atoms with E-state index in [2.05, 4.69) is 12.2 Å². The van der Waals surface area contributed by atoms with Crippen LogP contribution in [0.1, 0.15) is 26.2 Å². The number of nitrogens with one attached hydrogen (secondary N) is 1. The minimum atomic E-state index is -0.534. The highest BCUT2D eigenvalue weighted by atomic mass is 16.5. The average molecular weight is 173 g/mol.